The number of carbonyl (C=O) groups is 3. The van der Waals surface area contributed by atoms with E-state index in [4.69, 9.17) is 9.47 Å². The van der Waals surface area contributed by atoms with Gasteiger partial charge >= 0.3 is 12.1 Å². The molecular weight excluding hydrogens is 402 g/mol. The summed E-state index contributed by atoms with van der Waals surface area (Å²) in [6.45, 7) is 4.13. The summed E-state index contributed by atoms with van der Waals surface area (Å²) in [7, 11) is 1.46. The number of rotatable bonds is 6. The highest BCUT2D eigenvalue weighted by Gasteiger charge is 2.24. The van der Waals surface area contributed by atoms with Crippen LogP contribution in [0.3, 0.4) is 0 Å². The zero-order chi connectivity index (χ0) is 22.4. The van der Waals surface area contributed by atoms with E-state index < -0.39 is 11.9 Å². The van der Waals surface area contributed by atoms with Crippen molar-refractivity contribution in [1.82, 2.24) is 4.90 Å². The summed E-state index contributed by atoms with van der Waals surface area (Å²) in [4.78, 5) is 40.0. The number of carbonyl (C=O) groups excluding carboxylic acids is 2. The number of para-hydroxylation sites is 1. The summed E-state index contributed by atoms with van der Waals surface area (Å²) in [6, 6.07) is 11.6. The van der Waals surface area contributed by atoms with E-state index in [9.17, 15) is 19.5 Å². The van der Waals surface area contributed by atoms with Crippen LogP contribution < -0.4 is 15.0 Å². The lowest BCUT2D eigenvalue weighted by atomic mass is 10.1. The van der Waals surface area contributed by atoms with E-state index in [2.05, 4.69) is 5.32 Å². The van der Waals surface area contributed by atoms with E-state index in [1.165, 1.54) is 13.2 Å². The van der Waals surface area contributed by atoms with Gasteiger partial charge in [0, 0.05) is 31.9 Å². The van der Waals surface area contributed by atoms with Crippen LogP contribution in [0.2, 0.25) is 0 Å². The smallest absolute Gasteiger partial charge is 0.409 e. The number of nitrogens with zero attached hydrogens (tertiary/aromatic N) is 2. The molecule has 0 unspecified atom stereocenters. The predicted octanol–water partition coefficient (Wildman–Crippen LogP) is 2.92. The molecule has 3 rings (SSSR count). The number of hydrogen-bond acceptors (Lipinski definition) is 6. The molecule has 1 aliphatic heterocycles. The molecule has 2 aromatic carbocycles. The van der Waals surface area contributed by atoms with Crippen molar-refractivity contribution in [1.29, 1.82) is 0 Å². The Labute approximate surface area is 180 Å². The molecule has 2 amide bonds. The van der Waals surface area contributed by atoms with Gasteiger partial charge in [0.2, 0.25) is 0 Å². The summed E-state index contributed by atoms with van der Waals surface area (Å²) in [5.41, 5.74) is 1.18. The molecule has 9 heteroatoms. The molecule has 0 spiro atoms. The molecule has 0 saturated carbocycles. The number of methoxy groups -OCH3 is 1. The molecule has 164 valence electrons. The van der Waals surface area contributed by atoms with E-state index in [-0.39, 0.29) is 17.3 Å². The van der Waals surface area contributed by atoms with Crippen LogP contribution in [0.15, 0.2) is 42.5 Å². The summed E-state index contributed by atoms with van der Waals surface area (Å²) in [5.74, 6) is -1.22. The van der Waals surface area contributed by atoms with E-state index in [1.807, 2.05) is 4.90 Å². The van der Waals surface area contributed by atoms with E-state index in [0.29, 0.717) is 49.8 Å². The number of piperazine rings is 1. The third-order valence-electron chi connectivity index (χ3n) is 5.00. The van der Waals surface area contributed by atoms with Crippen molar-refractivity contribution < 1.29 is 29.0 Å². The fourth-order valence-corrected chi connectivity index (χ4v) is 3.40. The zero-order valence-electron chi connectivity index (χ0n) is 17.5. The van der Waals surface area contributed by atoms with E-state index >= 15 is 0 Å². The topological polar surface area (TPSA) is 108 Å². The third-order valence-corrected chi connectivity index (χ3v) is 5.00. The average molecular weight is 427 g/mol. The molecular formula is C22H25N3O6. The average Bonchev–Trinajstić information content (AvgIpc) is 2.79. The number of hydrogen-bond donors (Lipinski definition) is 2. The first-order chi connectivity index (χ1) is 14.9. The number of aromatic carboxylic acids is 1. The van der Waals surface area contributed by atoms with Crippen LogP contribution >= 0.6 is 0 Å². The number of amides is 2. The van der Waals surface area contributed by atoms with Crippen molar-refractivity contribution in [2.45, 2.75) is 6.92 Å². The minimum absolute atomic E-state index is 0.0198. The van der Waals surface area contributed by atoms with Gasteiger partial charge < -0.3 is 29.7 Å². The monoisotopic (exact) mass is 427 g/mol. The lowest BCUT2D eigenvalue weighted by Gasteiger charge is -2.35. The van der Waals surface area contributed by atoms with Crippen LogP contribution in [0, 0.1) is 0 Å². The van der Waals surface area contributed by atoms with Crippen LogP contribution in [0.5, 0.6) is 5.75 Å². The zero-order valence-corrected chi connectivity index (χ0v) is 17.5. The van der Waals surface area contributed by atoms with Gasteiger partial charge in [-0.2, -0.15) is 0 Å². The van der Waals surface area contributed by atoms with Gasteiger partial charge in [0.15, 0.2) is 0 Å². The Morgan fingerprint density at radius 2 is 1.74 bits per heavy atom. The highest BCUT2D eigenvalue weighted by atomic mass is 16.6. The second kappa shape index (κ2) is 9.84. The van der Waals surface area contributed by atoms with Gasteiger partial charge in [0.05, 0.1) is 30.5 Å². The van der Waals surface area contributed by atoms with Gasteiger partial charge in [0.1, 0.15) is 5.75 Å². The predicted molar refractivity (Wildman–Crippen MR) is 115 cm³/mol. The standard InChI is InChI=1S/C22H25N3O6/c1-3-31-22(29)25-12-10-24(11-13-25)15-8-9-18(17(14-15)21(27)28)23-20(26)16-6-4-5-7-19(16)30-2/h4-9,14H,3,10-13H2,1-2H3,(H,23,26)(H,27,28). The van der Waals surface area contributed by atoms with Crippen molar-refractivity contribution in [2.24, 2.45) is 0 Å². The molecule has 2 N–H and O–H groups in total. The molecule has 1 fully saturated rings. The molecule has 31 heavy (non-hydrogen) atoms. The molecule has 1 heterocycles. The Hall–Kier alpha value is -3.75. The number of carboxylic acid groups (broad SMARTS) is 1. The number of nitrogens with one attached hydrogen (secondary N) is 1. The van der Waals surface area contributed by atoms with Gasteiger partial charge in [-0.3, -0.25) is 4.79 Å². The van der Waals surface area contributed by atoms with Gasteiger partial charge in [-0.15, -0.1) is 0 Å². The fourth-order valence-electron chi connectivity index (χ4n) is 3.40. The van der Waals surface area contributed by atoms with Crippen LogP contribution in [0.25, 0.3) is 0 Å². The first-order valence-electron chi connectivity index (χ1n) is 9.93. The molecule has 0 radical (unpaired) electrons. The van der Waals surface area contributed by atoms with Crippen LogP contribution in [-0.4, -0.2) is 67.9 Å². The van der Waals surface area contributed by atoms with E-state index in [1.54, 1.807) is 48.2 Å². The maximum absolute atomic E-state index is 12.7. The Balaban J connectivity index is 1.75. The minimum Gasteiger partial charge on any atom is -0.496 e. The van der Waals surface area contributed by atoms with Gasteiger partial charge in [-0.1, -0.05) is 12.1 Å². The minimum atomic E-state index is -1.15. The largest absolute Gasteiger partial charge is 0.496 e. The van der Waals surface area contributed by atoms with Gasteiger partial charge in [-0.05, 0) is 37.3 Å². The molecule has 2 aromatic rings. The molecule has 0 aliphatic carbocycles. The van der Waals surface area contributed by atoms with E-state index in [0.717, 1.165) is 0 Å². The maximum atomic E-state index is 12.7. The summed E-state index contributed by atoms with van der Waals surface area (Å²) >= 11 is 0. The van der Waals surface area contributed by atoms with Gasteiger partial charge in [0.25, 0.3) is 5.91 Å². The lowest BCUT2D eigenvalue weighted by molar-refractivity contribution is 0.0698. The fraction of sp³-hybridized carbons (Fsp3) is 0.318. The van der Waals surface area contributed by atoms with Crippen LogP contribution in [-0.2, 0) is 4.74 Å². The molecule has 1 aliphatic rings. The Morgan fingerprint density at radius 1 is 1.03 bits per heavy atom. The molecule has 9 nitrogen and oxygen atoms in total. The van der Waals surface area contributed by atoms with Crippen molar-refractivity contribution in [3.63, 3.8) is 0 Å². The van der Waals surface area contributed by atoms with Crippen LogP contribution in [0.1, 0.15) is 27.6 Å². The number of carboxylic acids is 1. The summed E-state index contributed by atoms with van der Waals surface area (Å²) in [6.07, 6.45) is -0.345. The summed E-state index contributed by atoms with van der Waals surface area (Å²) < 4.78 is 10.2. The second-order valence-corrected chi connectivity index (χ2v) is 6.86. The molecule has 0 bridgehead atoms. The number of ether oxygens (including phenoxy) is 2. The van der Waals surface area contributed by atoms with Crippen molar-refractivity contribution in [3.05, 3.63) is 53.6 Å². The number of benzene rings is 2. The lowest BCUT2D eigenvalue weighted by Crippen LogP contribution is -2.49. The van der Waals surface area contributed by atoms with Crippen molar-refractivity contribution >= 4 is 29.3 Å². The quantitative estimate of drug-likeness (QED) is 0.730. The van der Waals surface area contributed by atoms with Crippen molar-refractivity contribution in [3.8, 4) is 5.75 Å². The normalized spacial score (nSPS) is 13.5. The number of anilines is 2. The first kappa shape index (κ1) is 21.9. The molecule has 0 atom stereocenters. The second-order valence-electron chi connectivity index (χ2n) is 6.86. The highest BCUT2D eigenvalue weighted by molar-refractivity contribution is 6.09. The highest BCUT2D eigenvalue weighted by Crippen LogP contribution is 2.26. The summed E-state index contributed by atoms with van der Waals surface area (Å²) in [5, 5.41) is 12.3. The Bertz CT molecular complexity index is 969. The third kappa shape index (κ3) is 5.06. The van der Waals surface area contributed by atoms with Crippen LogP contribution in [0.4, 0.5) is 16.2 Å². The SMILES string of the molecule is CCOC(=O)N1CCN(c2ccc(NC(=O)c3ccccc3OC)c(C(=O)O)c2)CC1. The van der Waals surface area contributed by atoms with Crippen molar-refractivity contribution in [2.75, 3.05) is 50.1 Å². The Morgan fingerprint density at radius 3 is 2.39 bits per heavy atom. The first-order valence-corrected chi connectivity index (χ1v) is 9.93. The molecule has 0 aromatic heterocycles. The maximum Gasteiger partial charge on any atom is 0.409 e. The Kier molecular flexibility index (Phi) is 6.96. The molecule has 1 saturated heterocycles. The van der Waals surface area contributed by atoms with Gasteiger partial charge in [-0.25, -0.2) is 9.59 Å².